The molecular weight excluding hydrogens is 340 g/mol. The SMILES string of the molecule is CCOc1cc(C=CC(=O)c2ccc(F)cc2F)ccc1OC(F)F. The molecule has 0 spiro atoms. The van der Waals surface area contributed by atoms with E-state index < -0.39 is 24.0 Å². The van der Waals surface area contributed by atoms with Crippen molar-refractivity contribution in [1.29, 1.82) is 0 Å². The Morgan fingerprint density at radius 2 is 1.88 bits per heavy atom. The van der Waals surface area contributed by atoms with E-state index in [-0.39, 0.29) is 23.7 Å². The van der Waals surface area contributed by atoms with Gasteiger partial charge in [0.25, 0.3) is 0 Å². The van der Waals surface area contributed by atoms with Gasteiger partial charge in [0, 0.05) is 6.07 Å². The first kappa shape index (κ1) is 18.5. The van der Waals surface area contributed by atoms with E-state index in [9.17, 15) is 22.4 Å². The van der Waals surface area contributed by atoms with Crippen molar-refractivity contribution in [3.05, 3.63) is 65.2 Å². The Morgan fingerprint density at radius 1 is 1.12 bits per heavy atom. The van der Waals surface area contributed by atoms with Crippen molar-refractivity contribution >= 4 is 11.9 Å². The summed E-state index contributed by atoms with van der Waals surface area (Å²) in [6, 6.07) is 6.76. The molecule has 2 aromatic carbocycles. The lowest BCUT2D eigenvalue weighted by molar-refractivity contribution is -0.0514. The van der Waals surface area contributed by atoms with E-state index in [2.05, 4.69) is 4.74 Å². The number of allylic oxidation sites excluding steroid dienone is 1. The zero-order valence-corrected chi connectivity index (χ0v) is 13.1. The van der Waals surface area contributed by atoms with Crippen LogP contribution in [0.15, 0.2) is 42.5 Å². The second kappa shape index (κ2) is 8.32. The van der Waals surface area contributed by atoms with Gasteiger partial charge < -0.3 is 9.47 Å². The molecule has 7 heteroatoms. The molecule has 0 unspecified atom stereocenters. The predicted octanol–water partition coefficient (Wildman–Crippen LogP) is 4.86. The Balaban J connectivity index is 2.22. The predicted molar refractivity (Wildman–Crippen MR) is 84.0 cm³/mol. The van der Waals surface area contributed by atoms with Gasteiger partial charge >= 0.3 is 6.61 Å². The summed E-state index contributed by atoms with van der Waals surface area (Å²) in [5.74, 6) is -2.46. The third kappa shape index (κ3) is 5.07. The minimum absolute atomic E-state index is 0.0883. The molecule has 2 rings (SSSR count). The molecule has 0 aliphatic carbocycles. The van der Waals surface area contributed by atoms with E-state index in [1.807, 2.05) is 0 Å². The Labute approximate surface area is 141 Å². The second-order valence-corrected chi connectivity index (χ2v) is 4.84. The average molecular weight is 354 g/mol. The van der Waals surface area contributed by atoms with Crippen LogP contribution in [0.2, 0.25) is 0 Å². The van der Waals surface area contributed by atoms with E-state index in [1.54, 1.807) is 6.92 Å². The summed E-state index contributed by atoms with van der Waals surface area (Å²) in [7, 11) is 0. The van der Waals surface area contributed by atoms with E-state index in [1.165, 1.54) is 24.3 Å². The number of halogens is 4. The first-order valence-corrected chi connectivity index (χ1v) is 7.30. The minimum atomic E-state index is -3.00. The number of ether oxygens (including phenoxy) is 2. The summed E-state index contributed by atoms with van der Waals surface area (Å²) < 4.78 is 60.7. The Kier molecular flexibility index (Phi) is 6.16. The van der Waals surface area contributed by atoms with Crippen LogP contribution in [0.3, 0.4) is 0 Å². The monoisotopic (exact) mass is 354 g/mol. The first-order valence-electron chi connectivity index (χ1n) is 7.30. The minimum Gasteiger partial charge on any atom is -0.490 e. The molecule has 0 saturated carbocycles. The van der Waals surface area contributed by atoms with Gasteiger partial charge in [0.15, 0.2) is 17.3 Å². The van der Waals surface area contributed by atoms with Crippen LogP contribution < -0.4 is 9.47 Å². The fourth-order valence-corrected chi connectivity index (χ4v) is 2.04. The zero-order chi connectivity index (χ0) is 18.4. The smallest absolute Gasteiger partial charge is 0.387 e. The standard InChI is InChI=1S/C18H14F4O3/c1-2-24-17-9-11(4-8-16(17)25-18(21)22)3-7-15(23)13-6-5-12(19)10-14(13)20/h3-10,18H,2H2,1H3. The van der Waals surface area contributed by atoms with Crippen molar-refractivity contribution in [3.63, 3.8) is 0 Å². The highest BCUT2D eigenvalue weighted by molar-refractivity contribution is 6.07. The van der Waals surface area contributed by atoms with Crippen LogP contribution in [0.25, 0.3) is 6.08 Å². The van der Waals surface area contributed by atoms with Crippen molar-refractivity contribution in [2.75, 3.05) is 6.61 Å². The molecule has 132 valence electrons. The van der Waals surface area contributed by atoms with Gasteiger partial charge in [-0.2, -0.15) is 8.78 Å². The van der Waals surface area contributed by atoms with Gasteiger partial charge in [-0.25, -0.2) is 8.78 Å². The molecule has 0 fully saturated rings. The van der Waals surface area contributed by atoms with Gasteiger partial charge in [0.1, 0.15) is 11.6 Å². The second-order valence-electron chi connectivity index (χ2n) is 4.84. The first-order chi connectivity index (χ1) is 11.9. The fraction of sp³-hybridized carbons (Fsp3) is 0.167. The van der Waals surface area contributed by atoms with Crippen LogP contribution in [-0.4, -0.2) is 19.0 Å². The van der Waals surface area contributed by atoms with Gasteiger partial charge in [0.05, 0.1) is 12.2 Å². The van der Waals surface area contributed by atoms with E-state index in [4.69, 9.17) is 4.74 Å². The van der Waals surface area contributed by atoms with Gasteiger partial charge in [-0.05, 0) is 42.8 Å². The Hall–Kier alpha value is -2.83. The van der Waals surface area contributed by atoms with Crippen molar-refractivity contribution in [1.82, 2.24) is 0 Å². The molecule has 0 amide bonds. The molecule has 0 bridgehead atoms. The molecule has 2 aromatic rings. The lowest BCUT2D eigenvalue weighted by Gasteiger charge is -2.11. The number of carbonyl (C=O) groups is 1. The average Bonchev–Trinajstić information content (AvgIpc) is 2.54. The number of ketones is 1. The van der Waals surface area contributed by atoms with Crippen molar-refractivity contribution < 1.29 is 31.8 Å². The molecule has 25 heavy (non-hydrogen) atoms. The van der Waals surface area contributed by atoms with Crippen molar-refractivity contribution in [2.45, 2.75) is 13.5 Å². The van der Waals surface area contributed by atoms with Crippen LogP contribution in [0.5, 0.6) is 11.5 Å². The molecule has 0 saturated heterocycles. The normalized spacial score (nSPS) is 11.1. The molecule has 0 atom stereocenters. The summed E-state index contributed by atoms with van der Waals surface area (Å²) in [6.45, 7) is -1.09. The lowest BCUT2D eigenvalue weighted by atomic mass is 10.1. The van der Waals surface area contributed by atoms with Crippen LogP contribution >= 0.6 is 0 Å². The molecule has 0 heterocycles. The van der Waals surface area contributed by atoms with Gasteiger partial charge in [-0.1, -0.05) is 12.1 Å². The van der Waals surface area contributed by atoms with Crippen LogP contribution in [0.4, 0.5) is 17.6 Å². The maximum absolute atomic E-state index is 13.6. The summed E-state index contributed by atoms with van der Waals surface area (Å²) >= 11 is 0. The highest BCUT2D eigenvalue weighted by Gasteiger charge is 2.12. The molecule has 0 radical (unpaired) electrons. The van der Waals surface area contributed by atoms with Crippen molar-refractivity contribution in [3.8, 4) is 11.5 Å². The third-order valence-electron chi connectivity index (χ3n) is 3.11. The van der Waals surface area contributed by atoms with Crippen LogP contribution in [0, 0.1) is 11.6 Å². The molecule has 3 nitrogen and oxygen atoms in total. The largest absolute Gasteiger partial charge is 0.490 e. The lowest BCUT2D eigenvalue weighted by Crippen LogP contribution is -2.04. The van der Waals surface area contributed by atoms with E-state index in [0.717, 1.165) is 18.2 Å². The van der Waals surface area contributed by atoms with Gasteiger partial charge in [-0.3, -0.25) is 4.79 Å². The van der Waals surface area contributed by atoms with Gasteiger partial charge in [-0.15, -0.1) is 0 Å². The number of rotatable bonds is 7. The number of hydrogen-bond acceptors (Lipinski definition) is 3. The molecular formula is C18H14F4O3. The Morgan fingerprint density at radius 3 is 2.52 bits per heavy atom. The molecule has 0 aromatic heterocycles. The number of alkyl halides is 2. The number of carbonyl (C=O) groups excluding carboxylic acids is 1. The number of benzene rings is 2. The fourth-order valence-electron chi connectivity index (χ4n) is 2.04. The maximum atomic E-state index is 13.6. The van der Waals surface area contributed by atoms with Crippen molar-refractivity contribution in [2.24, 2.45) is 0 Å². The molecule has 0 N–H and O–H groups in total. The Bertz CT molecular complexity index is 788. The third-order valence-corrected chi connectivity index (χ3v) is 3.11. The molecule has 0 aliphatic rings. The quantitative estimate of drug-likeness (QED) is 0.405. The topological polar surface area (TPSA) is 35.5 Å². The number of hydrogen-bond donors (Lipinski definition) is 0. The molecule has 0 aliphatic heterocycles. The van der Waals surface area contributed by atoms with Gasteiger partial charge in [0.2, 0.25) is 0 Å². The summed E-state index contributed by atoms with van der Waals surface area (Å²) in [5, 5.41) is 0. The zero-order valence-electron chi connectivity index (χ0n) is 13.1. The van der Waals surface area contributed by atoms with Crippen LogP contribution in [-0.2, 0) is 0 Å². The summed E-state index contributed by atoms with van der Waals surface area (Å²) in [6.07, 6.45) is 2.45. The summed E-state index contributed by atoms with van der Waals surface area (Å²) in [4.78, 5) is 12.0. The highest BCUT2D eigenvalue weighted by atomic mass is 19.3. The van der Waals surface area contributed by atoms with Crippen LogP contribution in [0.1, 0.15) is 22.8 Å². The van der Waals surface area contributed by atoms with E-state index >= 15 is 0 Å². The highest BCUT2D eigenvalue weighted by Crippen LogP contribution is 2.30. The summed E-state index contributed by atoms with van der Waals surface area (Å²) in [5.41, 5.74) is 0.182. The van der Waals surface area contributed by atoms with E-state index in [0.29, 0.717) is 11.6 Å². The maximum Gasteiger partial charge on any atom is 0.387 e.